The van der Waals surface area contributed by atoms with Gasteiger partial charge in [-0.05, 0) is 42.7 Å². The number of fused-ring (bicyclic) bond motifs is 1. The van der Waals surface area contributed by atoms with Crippen molar-refractivity contribution in [1.82, 2.24) is 14.4 Å². The number of thioether (sulfide) groups is 1. The van der Waals surface area contributed by atoms with Gasteiger partial charge in [0, 0.05) is 42.3 Å². The fourth-order valence-electron chi connectivity index (χ4n) is 3.90. The van der Waals surface area contributed by atoms with Gasteiger partial charge in [-0.1, -0.05) is 32.0 Å². The Kier molecular flexibility index (Phi) is 5.50. The fraction of sp³-hybridized carbons (Fsp3) is 0.409. The predicted octanol–water partition coefficient (Wildman–Crippen LogP) is 3.96. The minimum Gasteiger partial charge on any atom is -0.341 e. The van der Waals surface area contributed by atoms with E-state index in [2.05, 4.69) is 0 Å². The summed E-state index contributed by atoms with van der Waals surface area (Å²) in [6.07, 6.45) is 5.82. The lowest BCUT2D eigenvalue weighted by molar-refractivity contribution is -0.130. The van der Waals surface area contributed by atoms with E-state index in [-0.39, 0.29) is 29.5 Å². The lowest BCUT2D eigenvalue weighted by Crippen LogP contribution is -2.31. The van der Waals surface area contributed by atoms with Crippen molar-refractivity contribution in [1.29, 1.82) is 0 Å². The number of hydrogen-bond acceptors (Lipinski definition) is 4. The molecule has 0 unspecified atom stereocenters. The lowest BCUT2D eigenvalue weighted by atomic mass is 10.1. The van der Waals surface area contributed by atoms with Crippen molar-refractivity contribution in [3.8, 4) is 0 Å². The molecule has 7 heteroatoms. The van der Waals surface area contributed by atoms with Crippen LogP contribution in [0.3, 0.4) is 0 Å². The molecule has 4 rings (SSSR count). The van der Waals surface area contributed by atoms with Crippen molar-refractivity contribution in [3.63, 3.8) is 0 Å². The van der Waals surface area contributed by atoms with E-state index in [0.717, 1.165) is 54.2 Å². The Morgan fingerprint density at radius 2 is 1.90 bits per heavy atom. The number of para-hydroxylation sites is 1. The topological polar surface area (TPSA) is 62.6 Å². The molecule has 1 aromatic heterocycles. The van der Waals surface area contributed by atoms with Crippen LogP contribution < -0.4 is 0 Å². The standard InChI is InChI=1S/C22H25N3O3S/c1-15(2)12-25-21(27)19(29-22(25)28)11-16-13-24(18-8-4-3-7-17(16)18)14-20(26)23-9-5-6-10-23/h3-4,7-8,11,13,15H,5-6,9-10,12,14H2,1-2H3/b19-11-. The monoisotopic (exact) mass is 411 g/mol. The van der Waals surface area contributed by atoms with E-state index in [4.69, 9.17) is 0 Å². The van der Waals surface area contributed by atoms with E-state index in [0.29, 0.717) is 11.4 Å². The van der Waals surface area contributed by atoms with Gasteiger partial charge in [0.25, 0.3) is 11.1 Å². The number of hydrogen-bond donors (Lipinski definition) is 0. The molecule has 6 nitrogen and oxygen atoms in total. The van der Waals surface area contributed by atoms with E-state index in [1.165, 1.54) is 4.90 Å². The van der Waals surface area contributed by atoms with E-state index in [1.807, 2.05) is 53.8 Å². The van der Waals surface area contributed by atoms with E-state index in [9.17, 15) is 14.4 Å². The first-order chi connectivity index (χ1) is 13.9. The molecule has 2 saturated heterocycles. The van der Waals surface area contributed by atoms with Crippen molar-refractivity contribution in [2.45, 2.75) is 33.2 Å². The zero-order chi connectivity index (χ0) is 20.5. The van der Waals surface area contributed by atoms with Gasteiger partial charge in [-0.25, -0.2) is 0 Å². The summed E-state index contributed by atoms with van der Waals surface area (Å²) in [5, 5.41) is 0.750. The van der Waals surface area contributed by atoms with Gasteiger partial charge in [0.15, 0.2) is 0 Å². The molecule has 3 amide bonds. The molecular formula is C22H25N3O3S. The van der Waals surface area contributed by atoms with Gasteiger partial charge >= 0.3 is 0 Å². The van der Waals surface area contributed by atoms with Crippen LogP contribution in [-0.2, 0) is 16.1 Å². The van der Waals surface area contributed by atoms with Gasteiger partial charge in [-0.2, -0.15) is 0 Å². The summed E-state index contributed by atoms with van der Waals surface area (Å²) in [7, 11) is 0. The molecule has 1 aromatic carbocycles. The first kappa shape index (κ1) is 19.8. The van der Waals surface area contributed by atoms with Crippen LogP contribution in [0.2, 0.25) is 0 Å². The molecule has 0 saturated carbocycles. The Morgan fingerprint density at radius 3 is 2.62 bits per heavy atom. The number of imide groups is 1. The van der Waals surface area contributed by atoms with Crippen molar-refractivity contribution in [3.05, 3.63) is 40.9 Å². The molecule has 0 radical (unpaired) electrons. The third-order valence-electron chi connectivity index (χ3n) is 5.29. The van der Waals surface area contributed by atoms with E-state index in [1.54, 1.807) is 6.08 Å². The summed E-state index contributed by atoms with van der Waals surface area (Å²) in [5.74, 6) is 0.104. The lowest BCUT2D eigenvalue weighted by Gasteiger charge is -2.15. The third-order valence-corrected chi connectivity index (χ3v) is 6.20. The maximum Gasteiger partial charge on any atom is 0.293 e. The van der Waals surface area contributed by atoms with Crippen LogP contribution >= 0.6 is 11.8 Å². The molecular weight excluding hydrogens is 386 g/mol. The molecule has 2 aromatic rings. The first-order valence-corrected chi connectivity index (χ1v) is 10.9. The van der Waals surface area contributed by atoms with Gasteiger partial charge in [-0.3, -0.25) is 19.3 Å². The number of likely N-dealkylation sites (tertiary alicyclic amines) is 1. The van der Waals surface area contributed by atoms with Gasteiger partial charge < -0.3 is 9.47 Å². The molecule has 2 aliphatic heterocycles. The Hall–Kier alpha value is -2.54. The van der Waals surface area contributed by atoms with Crippen LogP contribution in [0.25, 0.3) is 17.0 Å². The van der Waals surface area contributed by atoms with Gasteiger partial charge in [0.05, 0.1) is 4.91 Å². The van der Waals surface area contributed by atoms with Crippen LogP contribution in [0.5, 0.6) is 0 Å². The average Bonchev–Trinajstić information content (AvgIpc) is 3.39. The highest BCUT2D eigenvalue weighted by atomic mass is 32.2. The van der Waals surface area contributed by atoms with Crippen molar-refractivity contribution < 1.29 is 14.4 Å². The fourth-order valence-corrected chi connectivity index (χ4v) is 4.74. The summed E-state index contributed by atoms with van der Waals surface area (Å²) in [4.78, 5) is 41.2. The van der Waals surface area contributed by atoms with Gasteiger partial charge in [-0.15, -0.1) is 0 Å². The smallest absolute Gasteiger partial charge is 0.293 e. The first-order valence-electron chi connectivity index (χ1n) is 10.0. The summed E-state index contributed by atoms with van der Waals surface area (Å²) in [6.45, 7) is 6.33. The molecule has 0 spiro atoms. The summed E-state index contributed by atoms with van der Waals surface area (Å²) >= 11 is 0.985. The molecule has 29 heavy (non-hydrogen) atoms. The van der Waals surface area contributed by atoms with Crippen molar-refractivity contribution in [2.75, 3.05) is 19.6 Å². The maximum atomic E-state index is 12.7. The molecule has 0 N–H and O–H groups in total. The second-order valence-corrected chi connectivity index (χ2v) is 9.00. The molecule has 0 aliphatic carbocycles. The average molecular weight is 412 g/mol. The molecule has 3 heterocycles. The second kappa shape index (κ2) is 8.06. The molecule has 0 atom stereocenters. The highest BCUT2D eigenvalue weighted by Gasteiger charge is 2.35. The number of amides is 3. The van der Waals surface area contributed by atoms with Crippen LogP contribution in [0.1, 0.15) is 32.3 Å². The molecule has 0 bridgehead atoms. The summed E-state index contributed by atoms with van der Waals surface area (Å²) < 4.78 is 1.94. The number of rotatable bonds is 5. The van der Waals surface area contributed by atoms with E-state index >= 15 is 0 Å². The minimum atomic E-state index is -0.237. The Balaban J connectivity index is 1.64. The number of aromatic nitrogens is 1. The quantitative estimate of drug-likeness (QED) is 0.699. The number of carbonyl (C=O) groups is 3. The Bertz CT molecular complexity index is 1000. The van der Waals surface area contributed by atoms with Crippen LogP contribution in [-0.4, -0.2) is 51.1 Å². The molecule has 2 fully saturated rings. The Labute approximate surface area is 174 Å². The second-order valence-electron chi connectivity index (χ2n) is 8.00. The van der Waals surface area contributed by atoms with Gasteiger partial charge in [0.1, 0.15) is 6.54 Å². The third kappa shape index (κ3) is 3.96. The summed E-state index contributed by atoms with van der Waals surface area (Å²) in [5.41, 5.74) is 1.80. The zero-order valence-corrected chi connectivity index (χ0v) is 17.6. The Morgan fingerprint density at radius 1 is 1.17 bits per heavy atom. The number of nitrogens with zero attached hydrogens (tertiary/aromatic N) is 3. The number of carbonyl (C=O) groups excluding carboxylic acids is 3. The van der Waals surface area contributed by atoms with E-state index < -0.39 is 0 Å². The van der Waals surface area contributed by atoms with Crippen molar-refractivity contribution >= 4 is 45.8 Å². The highest BCUT2D eigenvalue weighted by molar-refractivity contribution is 8.18. The highest BCUT2D eigenvalue weighted by Crippen LogP contribution is 2.34. The van der Waals surface area contributed by atoms with Crippen molar-refractivity contribution in [2.24, 2.45) is 5.92 Å². The molecule has 152 valence electrons. The van der Waals surface area contributed by atoms with Crippen LogP contribution in [0.15, 0.2) is 35.4 Å². The minimum absolute atomic E-state index is 0.118. The zero-order valence-electron chi connectivity index (χ0n) is 16.8. The summed E-state index contributed by atoms with van der Waals surface area (Å²) in [6, 6.07) is 7.85. The maximum absolute atomic E-state index is 12.7. The molecule has 2 aliphatic rings. The van der Waals surface area contributed by atoms with Gasteiger partial charge in [0.2, 0.25) is 5.91 Å². The normalized spacial score (nSPS) is 18.8. The van der Waals surface area contributed by atoms with Crippen LogP contribution in [0.4, 0.5) is 4.79 Å². The largest absolute Gasteiger partial charge is 0.341 e. The predicted molar refractivity (Wildman–Crippen MR) is 115 cm³/mol. The number of benzene rings is 1. The van der Waals surface area contributed by atoms with Crippen LogP contribution in [0, 0.1) is 5.92 Å². The SMILES string of the molecule is CC(C)CN1C(=O)S/C(=C\c2cn(CC(=O)N3CCCC3)c3ccccc23)C1=O.